The number of nitriles is 1. The molecule has 2 aromatic heterocycles. The second kappa shape index (κ2) is 10.5. The number of benzene rings is 1. The first-order valence-corrected chi connectivity index (χ1v) is 12.8. The molecule has 4 heterocycles. The number of aromatic nitrogens is 3. The van der Waals surface area contributed by atoms with Crippen LogP contribution in [0.4, 0.5) is 10.2 Å². The molecule has 12 nitrogen and oxygen atoms in total. The van der Waals surface area contributed by atoms with Crippen LogP contribution >= 0.6 is 0 Å². The lowest BCUT2D eigenvalue weighted by Gasteiger charge is -2.29. The Balaban J connectivity index is 1.43. The molecule has 1 aromatic carbocycles. The van der Waals surface area contributed by atoms with E-state index >= 15 is 0 Å². The Morgan fingerprint density at radius 1 is 1.23 bits per heavy atom. The molecule has 1 amide bonds. The molecule has 40 heavy (non-hydrogen) atoms. The summed E-state index contributed by atoms with van der Waals surface area (Å²) in [6, 6.07) is 10.3. The van der Waals surface area contributed by atoms with Gasteiger partial charge in [0, 0.05) is 6.42 Å². The van der Waals surface area contributed by atoms with Crippen LogP contribution in [0, 0.1) is 17.1 Å². The highest BCUT2D eigenvalue weighted by Crippen LogP contribution is 2.49. The Morgan fingerprint density at radius 2 is 1.98 bits per heavy atom. The second-order valence-corrected chi connectivity index (χ2v) is 10.1. The van der Waals surface area contributed by atoms with Crippen molar-refractivity contribution in [2.24, 2.45) is 5.73 Å². The summed E-state index contributed by atoms with van der Waals surface area (Å²) < 4.78 is 38.4. The fourth-order valence-corrected chi connectivity index (χ4v) is 5.00. The van der Waals surface area contributed by atoms with E-state index in [-0.39, 0.29) is 31.1 Å². The number of carbonyl (C=O) groups excluding carboxylic acids is 2. The number of ether oxygens (including phenoxy) is 4. The predicted octanol–water partition coefficient (Wildman–Crippen LogP) is 1.97. The Labute approximate surface area is 229 Å². The van der Waals surface area contributed by atoms with Gasteiger partial charge in [-0.15, -0.1) is 0 Å². The van der Waals surface area contributed by atoms with E-state index in [2.05, 4.69) is 21.5 Å². The molecule has 0 unspecified atom stereocenters. The van der Waals surface area contributed by atoms with Gasteiger partial charge in [0.25, 0.3) is 0 Å². The zero-order chi connectivity index (χ0) is 28.7. The second-order valence-electron chi connectivity index (χ2n) is 10.1. The van der Waals surface area contributed by atoms with E-state index in [0.717, 1.165) is 0 Å². The molecule has 5 rings (SSSR count). The first-order valence-electron chi connectivity index (χ1n) is 12.8. The lowest BCUT2D eigenvalue weighted by Crippen LogP contribution is -2.41. The van der Waals surface area contributed by atoms with Crippen LogP contribution in [0.3, 0.4) is 0 Å². The van der Waals surface area contributed by atoms with Gasteiger partial charge in [0.2, 0.25) is 11.5 Å². The van der Waals surface area contributed by atoms with E-state index in [1.807, 2.05) is 0 Å². The van der Waals surface area contributed by atoms with Gasteiger partial charge in [0.05, 0.1) is 11.7 Å². The van der Waals surface area contributed by atoms with Crippen molar-refractivity contribution in [2.45, 2.75) is 69.4 Å². The maximum Gasteiger partial charge on any atom is 0.305 e. The third-order valence-electron chi connectivity index (χ3n) is 6.88. The van der Waals surface area contributed by atoms with Crippen molar-refractivity contribution in [2.75, 3.05) is 11.9 Å². The first-order chi connectivity index (χ1) is 19.1. The Hall–Kier alpha value is -3.96. The maximum absolute atomic E-state index is 13.2. The quantitative estimate of drug-likeness (QED) is 0.395. The van der Waals surface area contributed by atoms with Crippen LogP contribution in [-0.2, 0) is 40.6 Å². The first kappa shape index (κ1) is 27.6. The molecular weight excluding hydrogens is 523 g/mol. The molecule has 3 N–H and O–H groups in total. The number of rotatable bonds is 8. The van der Waals surface area contributed by atoms with Gasteiger partial charge in [-0.3, -0.25) is 9.59 Å². The topological polar surface area (TPSA) is 163 Å². The standard InChI is InChI=1S/C27H29FN6O6/c1-4-21(35)37-12-19-22-23(40-26(2,3)39-22)27(13-29,38-19)20-10-9-18-24(31-14-32-34(18)20)33-25(36)17(30)11-15-5-7-16(28)8-6-15/h5-10,14,17,19,22-23H,4,11-12,30H2,1-3H3,(H,31,32,33,36)/t17-,19+,22+,23+,27-/m0/s1. The van der Waals surface area contributed by atoms with Gasteiger partial charge in [0.15, 0.2) is 11.6 Å². The minimum atomic E-state index is -1.68. The number of halogens is 1. The lowest BCUT2D eigenvalue weighted by molar-refractivity contribution is -0.206. The number of amides is 1. The number of carbonyl (C=O) groups is 2. The van der Waals surface area contributed by atoms with E-state index in [1.54, 1.807) is 45.0 Å². The molecule has 0 spiro atoms. The van der Waals surface area contributed by atoms with Crippen molar-refractivity contribution in [1.29, 1.82) is 5.26 Å². The molecule has 2 aliphatic heterocycles. The molecule has 0 bridgehead atoms. The van der Waals surface area contributed by atoms with Crippen molar-refractivity contribution in [3.63, 3.8) is 0 Å². The van der Waals surface area contributed by atoms with E-state index in [9.17, 15) is 19.2 Å². The molecule has 2 aliphatic rings. The number of nitrogens with zero attached hydrogens (tertiary/aromatic N) is 4. The summed E-state index contributed by atoms with van der Waals surface area (Å²) in [5.74, 6) is -2.15. The Morgan fingerprint density at radius 3 is 2.67 bits per heavy atom. The van der Waals surface area contributed by atoms with Crippen LogP contribution in [0.15, 0.2) is 42.7 Å². The van der Waals surface area contributed by atoms with Crippen LogP contribution in [0.25, 0.3) is 5.52 Å². The summed E-state index contributed by atoms with van der Waals surface area (Å²) in [4.78, 5) is 28.9. The van der Waals surface area contributed by atoms with Crippen LogP contribution in [0.2, 0.25) is 0 Å². The third-order valence-corrected chi connectivity index (χ3v) is 6.88. The normalized spacial score (nSPS) is 25.8. The number of nitrogens with one attached hydrogen (secondary N) is 1. The fraction of sp³-hybridized carbons (Fsp3) is 0.444. The summed E-state index contributed by atoms with van der Waals surface area (Å²) in [5, 5.41) is 17.5. The average Bonchev–Trinajstić information content (AvgIpc) is 3.59. The van der Waals surface area contributed by atoms with Gasteiger partial charge < -0.3 is 30.0 Å². The number of esters is 1. The molecular formula is C27H29FN6O6. The molecule has 0 radical (unpaired) electrons. The number of hydrogen-bond acceptors (Lipinski definition) is 10. The number of hydrogen-bond donors (Lipinski definition) is 2. The van der Waals surface area contributed by atoms with E-state index in [4.69, 9.17) is 24.7 Å². The largest absolute Gasteiger partial charge is 0.463 e. The van der Waals surface area contributed by atoms with Crippen LogP contribution in [0.5, 0.6) is 0 Å². The van der Waals surface area contributed by atoms with Crippen LogP contribution in [0.1, 0.15) is 38.4 Å². The molecule has 0 aliphatic carbocycles. The van der Waals surface area contributed by atoms with Gasteiger partial charge in [-0.05, 0) is 50.1 Å². The zero-order valence-corrected chi connectivity index (χ0v) is 22.2. The minimum absolute atomic E-state index is 0.123. The van der Waals surface area contributed by atoms with Gasteiger partial charge >= 0.3 is 5.97 Å². The maximum atomic E-state index is 13.2. The van der Waals surface area contributed by atoms with Gasteiger partial charge in [-0.25, -0.2) is 13.9 Å². The molecule has 2 fully saturated rings. The Kier molecular flexibility index (Phi) is 7.28. The van der Waals surface area contributed by atoms with E-state index < -0.39 is 47.6 Å². The number of fused-ring (bicyclic) bond motifs is 2. The molecule has 2 saturated heterocycles. The van der Waals surface area contributed by atoms with Gasteiger partial charge in [-0.2, -0.15) is 10.4 Å². The summed E-state index contributed by atoms with van der Waals surface area (Å²) in [7, 11) is 0. The van der Waals surface area contributed by atoms with Gasteiger partial charge in [0.1, 0.15) is 48.6 Å². The monoisotopic (exact) mass is 552 g/mol. The highest BCUT2D eigenvalue weighted by molar-refractivity contribution is 5.97. The fourth-order valence-electron chi connectivity index (χ4n) is 5.00. The third kappa shape index (κ3) is 5.02. The smallest absolute Gasteiger partial charge is 0.305 e. The average molecular weight is 553 g/mol. The summed E-state index contributed by atoms with van der Waals surface area (Å²) >= 11 is 0. The predicted molar refractivity (Wildman–Crippen MR) is 137 cm³/mol. The number of nitrogens with two attached hydrogens (primary N) is 1. The molecule has 13 heteroatoms. The SMILES string of the molecule is CCC(=O)OC[C@H]1O[C@@](C#N)(c2ccc3c(NC(=O)[C@@H](N)Cc4ccc(F)cc4)ncnn23)[C@@H]2OC(C)(C)O[C@@H]21. The summed E-state index contributed by atoms with van der Waals surface area (Å²) in [6.45, 7) is 5.01. The van der Waals surface area contributed by atoms with Crippen LogP contribution in [-0.4, -0.2) is 63.2 Å². The van der Waals surface area contributed by atoms with Crippen LogP contribution < -0.4 is 11.1 Å². The molecule has 0 saturated carbocycles. The Bertz CT molecular complexity index is 1470. The van der Waals surface area contributed by atoms with E-state index in [0.29, 0.717) is 16.8 Å². The number of anilines is 1. The van der Waals surface area contributed by atoms with E-state index in [1.165, 1.54) is 23.0 Å². The minimum Gasteiger partial charge on any atom is -0.463 e. The molecule has 5 atom stereocenters. The van der Waals surface area contributed by atoms with Crippen molar-refractivity contribution in [3.8, 4) is 6.07 Å². The van der Waals surface area contributed by atoms with Crippen molar-refractivity contribution < 1.29 is 32.9 Å². The van der Waals surface area contributed by atoms with Crippen molar-refractivity contribution in [1.82, 2.24) is 14.6 Å². The summed E-state index contributed by atoms with van der Waals surface area (Å²) in [6.07, 6.45) is -0.743. The highest BCUT2D eigenvalue weighted by atomic mass is 19.1. The summed E-state index contributed by atoms with van der Waals surface area (Å²) in [5.41, 5.74) is 5.82. The molecule has 210 valence electrons. The van der Waals surface area contributed by atoms with Crippen molar-refractivity contribution >= 4 is 23.2 Å². The van der Waals surface area contributed by atoms with Gasteiger partial charge in [-0.1, -0.05) is 19.1 Å². The highest BCUT2D eigenvalue weighted by Gasteiger charge is 2.65. The zero-order valence-electron chi connectivity index (χ0n) is 22.2. The molecule has 3 aromatic rings. The van der Waals surface area contributed by atoms with Crippen molar-refractivity contribution in [3.05, 3.63) is 59.8 Å². The lowest BCUT2D eigenvalue weighted by atomic mass is 9.92.